The first-order valence-electron chi connectivity index (χ1n) is 11.4. The topological polar surface area (TPSA) is 80.7 Å². The van der Waals surface area contributed by atoms with Crippen molar-refractivity contribution in [3.63, 3.8) is 0 Å². The highest BCUT2D eigenvalue weighted by Gasteiger charge is 2.60. The number of ether oxygens (including phenoxy) is 1. The van der Waals surface area contributed by atoms with Gasteiger partial charge in [0, 0.05) is 6.42 Å². The number of hydrogen-bond donors (Lipinski definition) is 1. The van der Waals surface area contributed by atoms with E-state index in [2.05, 4.69) is 53.0 Å². The van der Waals surface area contributed by atoms with Crippen molar-refractivity contribution in [1.29, 1.82) is 0 Å². The number of carbonyl (C=O) groups excluding carboxylic acids is 3. The molecule has 31 heavy (non-hydrogen) atoms. The lowest BCUT2D eigenvalue weighted by Crippen LogP contribution is -2.46. The number of carbonyl (C=O) groups is 3. The fraction of sp³-hybridized carbons (Fsp3) is 0.800. The Labute approximate surface area is 189 Å². The third-order valence-electron chi connectivity index (χ3n) is 6.83. The van der Waals surface area contributed by atoms with Gasteiger partial charge >= 0.3 is 5.97 Å². The smallest absolute Gasteiger partial charge is 0.309 e. The summed E-state index contributed by atoms with van der Waals surface area (Å²) in [5.41, 5.74) is 0.991. The first kappa shape index (κ1) is 27.6. The summed E-state index contributed by atoms with van der Waals surface area (Å²) in [7, 11) is -2.22. The maximum absolute atomic E-state index is 13.5. The van der Waals surface area contributed by atoms with Crippen molar-refractivity contribution in [2.45, 2.75) is 117 Å². The molecule has 1 saturated carbocycles. The standard InChI is InChI=1S/C25H42O5Si/c1-16(2)31(17(3)4,18(5)6)13-12-25(15-20(27)24(10,11)22(25)29)19(26)14-21(28)30-23(7,8)9/h16-19,26H,14-15H2,1-11H3/t19-,25-/m0/s1. The number of hydrogen-bond acceptors (Lipinski definition) is 5. The molecule has 1 aliphatic rings. The second-order valence-corrected chi connectivity index (χ2v) is 17.1. The lowest BCUT2D eigenvalue weighted by Gasteiger charge is -2.39. The molecule has 0 amide bonds. The second-order valence-electron chi connectivity index (χ2n) is 11.5. The molecular weight excluding hydrogens is 408 g/mol. The van der Waals surface area contributed by atoms with Crippen LogP contribution in [0.1, 0.15) is 89.0 Å². The number of aliphatic hydroxyl groups excluding tert-OH is 1. The summed E-state index contributed by atoms with van der Waals surface area (Å²) in [5.74, 6) is 1.92. The normalized spacial score (nSPS) is 22.7. The van der Waals surface area contributed by atoms with E-state index in [1.807, 2.05) is 0 Å². The fourth-order valence-electron chi connectivity index (χ4n) is 5.06. The van der Waals surface area contributed by atoms with Crippen LogP contribution < -0.4 is 0 Å². The van der Waals surface area contributed by atoms with Gasteiger partial charge in [-0.2, -0.15) is 0 Å². The zero-order valence-electron chi connectivity index (χ0n) is 21.3. The third-order valence-corrected chi connectivity index (χ3v) is 13.1. The van der Waals surface area contributed by atoms with Crippen molar-refractivity contribution in [2.24, 2.45) is 10.8 Å². The Balaban J connectivity index is 3.59. The molecule has 0 saturated heterocycles. The quantitative estimate of drug-likeness (QED) is 0.271. The number of Topliss-reactive ketones (excluding diaryl/α,β-unsaturated/α-hetero) is 2. The van der Waals surface area contributed by atoms with E-state index >= 15 is 0 Å². The Morgan fingerprint density at radius 1 is 1.06 bits per heavy atom. The predicted molar refractivity (Wildman–Crippen MR) is 126 cm³/mol. The number of esters is 1. The molecule has 0 spiro atoms. The van der Waals surface area contributed by atoms with Gasteiger partial charge in [0.25, 0.3) is 0 Å². The molecule has 1 fully saturated rings. The summed E-state index contributed by atoms with van der Waals surface area (Å²) in [4.78, 5) is 38.7. The molecular formula is C25H42O5Si. The summed E-state index contributed by atoms with van der Waals surface area (Å²) >= 11 is 0. The Hall–Kier alpha value is -1.45. The van der Waals surface area contributed by atoms with Crippen molar-refractivity contribution in [2.75, 3.05) is 0 Å². The van der Waals surface area contributed by atoms with Gasteiger partial charge in [-0.1, -0.05) is 47.5 Å². The highest BCUT2D eigenvalue weighted by molar-refractivity contribution is 6.90. The molecule has 5 nitrogen and oxygen atoms in total. The summed E-state index contributed by atoms with van der Waals surface area (Å²) in [5, 5.41) is 11.1. The molecule has 0 bridgehead atoms. The van der Waals surface area contributed by atoms with Crippen molar-refractivity contribution >= 4 is 25.6 Å². The Morgan fingerprint density at radius 3 is 1.84 bits per heavy atom. The van der Waals surface area contributed by atoms with Crippen LogP contribution in [0.3, 0.4) is 0 Å². The first-order chi connectivity index (χ1) is 13.8. The van der Waals surface area contributed by atoms with Crippen LogP contribution in [-0.2, 0) is 19.1 Å². The fourth-order valence-corrected chi connectivity index (χ4v) is 10.4. The molecule has 176 valence electrons. The van der Waals surface area contributed by atoms with Crippen molar-refractivity contribution in [3.05, 3.63) is 0 Å². The van der Waals surface area contributed by atoms with E-state index in [1.165, 1.54) is 0 Å². The van der Waals surface area contributed by atoms with Crippen molar-refractivity contribution in [1.82, 2.24) is 0 Å². The maximum atomic E-state index is 13.5. The molecule has 0 aromatic carbocycles. The summed E-state index contributed by atoms with van der Waals surface area (Å²) in [6, 6.07) is 0. The molecule has 1 N–H and O–H groups in total. The first-order valence-corrected chi connectivity index (χ1v) is 13.6. The highest BCUT2D eigenvalue weighted by atomic mass is 28.3. The van der Waals surface area contributed by atoms with Gasteiger partial charge in [-0.15, -0.1) is 5.54 Å². The van der Waals surface area contributed by atoms with Gasteiger partial charge in [0.05, 0.1) is 17.9 Å². The van der Waals surface area contributed by atoms with Crippen LogP contribution in [0.4, 0.5) is 0 Å². The average molecular weight is 451 g/mol. The van der Waals surface area contributed by atoms with Gasteiger partial charge in [-0.05, 0) is 51.2 Å². The largest absolute Gasteiger partial charge is 0.460 e. The molecule has 0 aromatic heterocycles. The van der Waals surface area contributed by atoms with E-state index in [9.17, 15) is 19.5 Å². The van der Waals surface area contributed by atoms with Gasteiger partial charge in [0.2, 0.25) is 0 Å². The van der Waals surface area contributed by atoms with Crippen LogP contribution in [0.25, 0.3) is 0 Å². The van der Waals surface area contributed by atoms with Crippen molar-refractivity contribution in [3.8, 4) is 11.5 Å². The minimum absolute atomic E-state index is 0.172. The monoisotopic (exact) mass is 450 g/mol. The number of aliphatic hydroxyl groups is 1. The molecule has 0 aromatic rings. The highest BCUT2D eigenvalue weighted by Crippen LogP contribution is 2.47. The maximum Gasteiger partial charge on any atom is 0.309 e. The third kappa shape index (κ3) is 5.31. The van der Waals surface area contributed by atoms with Gasteiger partial charge in [0.1, 0.15) is 24.9 Å². The molecule has 1 aliphatic carbocycles. The average Bonchev–Trinajstić information content (AvgIpc) is 2.73. The minimum Gasteiger partial charge on any atom is -0.460 e. The molecule has 1 rings (SSSR count). The van der Waals surface area contributed by atoms with Crippen molar-refractivity contribution < 1.29 is 24.2 Å². The Kier molecular flexibility index (Phi) is 8.18. The Bertz CT molecular complexity index is 754. The van der Waals surface area contributed by atoms with Crippen LogP contribution in [0.15, 0.2) is 0 Å². The number of ketones is 2. The molecule has 6 heteroatoms. The summed E-state index contributed by atoms with van der Waals surface area (Å²) < 4.78 is 5.35. The van der Waals surface area contributed by atoms with E-state index in [0.717, 1.165) is 0 Å². The molecule has 0 aliphatic heterocycles. The van der Waals surface area contributed by atoms with Crippen LogP contribution in [0.2, 0.25) is 16.6 Å². The lowest BCUT2D eigenvalue weighted by atomic mass is 9.75. The Morgan fingerprint density at radius 2 is 1.52 bits per heavy atom. The zero-order chi connectivity index (χ0) is 24.6. The van der Waals surface area contributed by atoms with Gasteiger partial charge in [0.15, 0.2) is 5.78 Å². The van der Waals surface area contributed by atoms with E-state index in [0.29, 0.717) is 16.6 Å². The van der Waals surface area contributed by atoms with Crippen LogP contribution in [0.5, 0.6) is 0 Å². The lowest BCUT2D eigenvalue weighted by molar-refractivity contribution is -0.159. The summed E-state index contributed by atoms with van der Waals surface area (Å²) in [6.07, 6.45) is -1.94. The molecule has 2 atom stereocenters. The minimum atomic E-state index is -2.22. The predicted octanol–water partition coefficient (Wildman–Crippen LogP) is 4.86. The van der Waals surface area contributed by atoms with Crippen LogP contribution in [-0.4, -0.2) is 42.4 Å². The van der Waals surface area contributed by atoms with Gasteiger partial charge < -0.3 is 9.84 Å². The van der Waals surface area contributed by atoms with Crippen LogP contribution in [0, 0.1) is 22.3 Å². The van der Waals surface area contributed by atoms with E-state index < -0.39 is 42.4 Å². The SMILES string of the molecule is CC(C)[Si](C#C[C@@]1([C@@H](O)CC(=O)OC(C)(C)C)CC(=O)C(C)(C)C1=O)(C(C)C)C(C)C. The molecule has 0 unspecified atom stereocenters. The van der Waals surface area contributed by atoms with Crippen LogP contribution >= 0.6 is 0 Å². The zero-order valence-corrected chi connectivity index (χ0v) is 22.3. The van der Waals surface area contributed by atoms with E-state index in [-0.39, 0.29) is 18.6 Å². The van der Waals surface area contributed by atoms with E-state index in [1.54, 1.807) is 34.6 Å². The van der Waals surface area contributed by atoms with Gasteiger partial charge in [-0.3, -0.25) is 14.4 Å². The van der Waals surface area contributed by atoms with E-state index in [4.69, 9.17) is 4.74 Å². The number of rotatable bonds is 6. The molecule has 0 radical (unpaired) electrons. The van der Waals surface area contributed by atoms with Gasteiger partial charge in [-0.25, -0.2) is 0 Å². The summed E-state index contributed by atoms with van der Waals surface area (Å²) in [6.45, 7) is 21.4. The molecule has 0 heterocycles. The second kappa shape index (κ2) is 9.19.